The fourth-order valence-electron chi connectivity index (χ4n) is 4.29. The molecule has 0 spiro atoms. The number of H-pyrrole nitrogens is 2. The Balaban J connectivity index is 1.67. The molecule has 6 N–H and O–H groups in total. The number of ether oxygens (including phenoxy) is 2. The number of carbonyl (C=O) groups excluding carboxylic acids is 2. The highest BCUT2D eigenvalue weighted by molar-refractivity contribution is 6.10. The van der Waals surface area contributed by atoms with Crippen molar-refractivity contribution in [3.05, 3.63) is 83.9 Å². The molecule has 0 saturated heterocycles. The van der Waals surface area contributed by atoms with E-state index >= 15 is 0 Å². The lowest BCUT2D eigenvalue weighted by molar-refractivity contribution is 0.0989. The highest BCUT2D eigenvalue weighted by Crippen LogP contribution is 2.38. The van der Waals surface area contributed by atoms with Gasteiger partial charge in [0.2, 0.25) is 11.8 Å². The number of aromatic nitrogens is 4. The standard InChI is InChI=1S/C28H24N6O4/c1-37-17-7-3-15(4-8-17)21-13-23(33-31-21)25-19(27(29)35)11-12-20(28(30)36)26(25)24-14-22(32-34-24)16-5-9-18(38-2)10-6-16/h3-14H,1-2H3,(H2,29,35)(H2,30,36)(H,31,33)(H,32,34). The third-order valence-electron chi connectivity index (χ3n) is 6.20. The molecule has 3 aromatic carbocycles. The molecular formula is C28H24N6O4. The number of primary amides is 2. The maximum atomic E-state index is 12.5. The van der Waals surface area contributed by atoms with Crippen molar-refractivity contribution >= 4 is 11.8 Å². The summed E-state index contributed by atoms with van der Waals surface area (Å²) in [6.45, 7) is 0. The number of hydrogen-bond donors (Lipinski definition) is 4. The van der Waals surface area contributed by atoms with Crippen molar-refractivity contribution in [2.24, 2.45) is 11.5 Å². The van der Waals surface area contributed by atoms with Crippen LogP contribution in [0, 0.1) is 0 Å². The van der Waals surface area contributed by atoms with E-state index < -0.39 is 11.8 Å². The van der Waals surface area contributed by atoms with E-state index in [2.05, 4.69) is 20.4 Å². The maximum absolute atomic E-state index is 12.5. The topological polar surface area (TPSA) is 162 Å². The number of amides is 2. The van der Waals surface area contributed by atoms with Crippen molar-refractivity contribution in [2.45, 2.75) is 0 Å². The number of nitrogens with one attached hydrogen (secondary N) is 2. The van der Waals surface area contributed by atoms with E-state index in [0.29, 0.717) is 45.4 Å². The first-order chi connectivity index (χ1) is 18.4. The average molecular weight is 509 g/mol. The Morgan fingerprint density at radius 1 is 0.632 bits per heavy atom. The van der Waals surface area contributed by atoms with Gasteiger partial charge in [0.05, 0.1) is 37.0 Å². The van der Waals surface area contributed by atoms with Gasteiger partial charge in [0.1, 0.15) is 11.5 Å². The molecule has 0 aliphatic rings. The number of rotatable bonds is 8. The minimum Gasteiger partial charge on any atom is -0.497 e. The number of nitrogens with two attached hydrogens (primary N) is 2. The smallest absolute Gasteiger partial charge is 0.249 e. The second-order valence-electron chi connectivity index (χ2n) is 8.43. The molecule has 0 aliphatic heterocycles. The molecule has 0 bridgehead atoms. The minimum atomic E-state index is -0.673. The Kier molecular flexibility index (Phi) is 6.36. The first-order valence-corrected chi connectivity index (χ1v) is 11.6. The normalized spacial score (nSPS) is 10.8. The van der Waals surface area contributed by atoms with Crippen molar-refractivity contribution in [3.8, 4) is 56.5 Å². The third kappa shape index (κ3) is 4.46. The largest absolute Gasteiger partial charge is 0.497 e. The molecule has 10 heteroatoms. The molecule has 0 unspecified atom stereocenters. The summed E-state index contributed by atoms with van der Waals surface area (Å²) in [4.78, 5) is 25.0. The predicted octanol–water partition coefficient (Wildman–Crippen LogP) is 4.02. The van der Waals surface area contributed by atoms with Crippen LogP contribution < -0.4 is 20.9 Å². The molecule has 10 nitrogen and oxygen atoms in total. The first kappa shape index (κ1) is 24.3. The Morgan fingerprint density at radius 2 is 1.00 bits per heavy atom. The number of carbonyl (C=O) groups is 2. The van der Waals surface area contributed by atoms with Gasteiger partial charge in [0, 0.05) is 33.4 Å². The van der Waals surface area contributed by atoms with Gasteiger partial charge >= 0.3 is 0 Å². The summed E-state index contributed by atoms with van der Waals surface area (Å²) in [7, 11) is 3.19. The van der Waals surface area contributed by atoms with Crippen LogP contribution in [-0.2, 0) is 0 Å². The van der Waals surface area contributed by atoms with Gasteiger partial charge in [-0.3, -0.25) is 19.8 Å². The van der Waals surface area contributed by atoms with Crippen LogP contribution in [0.4, 0.5) is 0 Å². The van der Waals surface area contributed by atoms with Crippen LogP contribution in [0.25, 0.3) is 45.0 Å². The molecule has 0 saturated carbocycles. The van der Waals surface area contributed by atoms with E-state index in [0.717, 1.165) is 11.1 Å². The summed E-state index contributed by atoms with van der Waals surface area (Å²) in [5.41, 5.74) is 16.5. The van der Waals surface area contributed by atoms with Crippen molar-refractivity contribution in [1.29, 1.82) is 0 Å². The third-order valence-corrected chi connectivity index (χ3v) is 6.20. The molecule has 38 heavy (non-hydrogen) atoms. The SMILES string of the molecule is COc1ccc(-c2cc(-c3c(C(N)=O)ccc(C(N)=O)c3-c3cc(-c4ccc(OC)cc4)n[nH]3)[nH]n2)cc1. The average Bonchev–Trinajstić information content (AvgIpc) is 3.63. The zero-order valence-corrected chi connectivity index (χ0v) is 20.6. The number of nitrogens with zero attached hydrogens (tertiary/aromatic N) is 2. The summed E-state index contributed by atoms with van der Waals surface area (Å²) >= 11 is 0. The van der Waals surface area contributed by atoms with Crippen molar-refractivity contribution in [1.82, 2.24) is 20.4 Å². The van der Waals surface area contributed by atoms with E-state index in [1.165, 1.54) is 12.1 Å². The summed E-state index contributed by atoms with van der Waals surface area (Å²) in [6, 6.07) is 21.3. The molecule has 0 atom stereocenters. The molecule has 5 rings (SSSR count). The van der Waals surface area contributed by atoms with E-state index in [9.17, 15) is 9.59 Å². The Labute approximate surface area is 217 Å². The lowest BCUT2D eigenvalue weighted by Gasteiger charge is -2.14. The van der Waals surface area contributed by atoms with E-state index in [4.69, 9.17) is 20.9 Å². The van der Waals surface area contributed by atoms with E-state index in [-0.39, 0.29) is 11.1 Å². The number of methoxy groups -OCH3 is 2. The fraction of sp³-hybridized carbons (Fsp3) is 0.0714. The van der Waals surface area contributed by atoms with E-state index in [1.54, 1.807) is 26.4 Å². The van der Waals surface area contributed by atoms with Crippen LogP contribution in [0.3, 0.4) is 0 Å². The minimum absolute atomic E-state index is 0.190. The molecular weight excluding hydrogens is 484 g/mol. The van der Waals surface area contributed by atoms with Gasteiger partial charge in [-0.25, -0.2) is 0 Å². The number of hydrogen-bond acceptors (Lipinski definition) is 6. The van der Waals surface area contributed by atoms with Gasteiger partial charge in [-0.1, -0.05) is 0 Å². The highest BCUT2D eigenvalue weighted by atomic mass is 16.5. The van der Waals surface area contributed by atoms with E-state index in [1.807, 2.05) is 48.5 Å². The van der Waals surface area contributed by atoms with Crippen LogP contribution >= 0.6 is 0 Å². The summed E-state index contributed by atoms with van der Waals surface area (Å²) in [5.74, 6) is 0.0771. The Bertz CT molecular complexity index is 1510. The van der Waals surface area contributed by atoms with Gasteiger partial charge in [-0.05, 0) is 72.8 Å². The molecule has 0 aliphatic carbocycles. The van der Waals surface area contributed by atoms with Crippen LogP contribution in [0.5, 0.6) is 11.5 Å². The molecule has 190 valence electrons. The second-order valence-corrected chi connectivity index (χ2v) is 8.43. The lowest BCUT2D eigenvalue weighted by Crippen LogP contribution is -2.17. The molecule has 2 heterocycles. The molecule has 2 amide bonds. The fourth-order valence-corrected chi connectivity index (χ4v) is 4.29. The molecule has 2 aromatic heterocycles. The highest BCUT2D eigenvalue weighted by Gasteiger charge is 2.25. The van der Waals surface area contributed by atoms with Crippen LogP contribution in [0.2, 0.25) is 0 Å². The van der Waals surface area contributed by atoms with Crippen LogP contribution in [0.15, 0.2) is 72.8 Å². The maximum Gasteiger partial charge on any atom is 0.249 e. The summed E-state index contributed by atoms with van der Waals surface area (Å²) in [6.07, 6.45) is 0. The quantitative estimate of drug-likeness (QED) is 0.247. The monoisotopic (exact) mass is 508 g/mol. The van der Waals surface area contributed by atoms with Crippen molar-refractivity contribution < 1.29 is 19.1 Å². The van der Waals surface area contributed by atoms with Gasteiger partial charge in [0.15, 0.2) is 0 Å². The van der Waals surface area contributed by atoms with Gasteiger partial charge < -0.3 is 20.9 Å². The Hall–Kier alpha value is -5.38. The van der Waals surface area contributed by atoms with Gasteiger partial charge in [-0.2, -0.15) is 10.2 Å². The second kappa shape index (κ2) is 9.94. The zero-order valence-electron chi connectivity index (χ0n) is 20.6. The van der Waals surface area contributed by atoms with Gasteiger partial charge in [0.25, 0.3) is 0 Å². The summed E-state index contributed by atoms with van der Waals surface area (Å²) in [5, 5.41) is 14.8. The zero-order chi connectivity index (χ0) is 26.8. The number of aromatic amines is 2. The molecule has 0 fully saturated rings. The van der Waals surface area contributed by atoms with Crippen LogP contribution in [-0.4, -0.2) is 46.4 Å². The lowest BCUT2D eigenvalue weighted by atomic mass is 9.90. The van der Waals surface area contributed by atoms with Crippen LogP contribution in [0.1, 0.15) is 20.7 Å². The summed E-state index contributed by atoms with van der Waals surface area (Å²) < 4.78 is 10.5. The van der Waals surface area contributed by atoms with Gasteiger partial charge in [-0.15, -0.1) is 0 Å². The Morgan fingerprint density at radius 3 is 1.32 bits per heavy atom. The molecule has 5 aromatic rings. The van der Waals surface area contributed by atoms with Crippen molar-refractivity contribution in [3.63, 3.8) is 0 Å². The first-order valence-electron chi connectivity index (χ1n) is 11.6. The number of benzene rings is 3. The van der Waals surface area contributed by atoms with Crippen molar-refractivity contribution in [2.75, 3.05) is 14.2 Å². The molecule has 0 radical (unpaired) electrons. The predicted molar refractivity (Wildman–Crippen MR) is 143 cm³/mol.